The number of rotatable bonds is 2. The van der Waals surface area contributed by atoms with E-state index in [1.165, 1.54) is 31.7 Å². The van der Waals surface area contributed by atoms with E-state index in [2.05, 4.69) is 16.5 Å². The molecule has 3 rings (SSSR count). The van der Waals surface area contributed by atoms with Crippen molar-refractivity contribution in [1.82, 2.24) is 9.55 Å². The summed E-state index contributed by atoms with van der Waals surface area (Å²) in [4.78, 5) is 4.55. The number of hydrogen-bond donors (Lipinski definition) is 0. The smallest absolute Gasteiger partial charge is 0.144 e. The number of aromatic nitrogens is 2. The molecule has 1 aromatic heterocycles. The van der Waals surface area contributed by atoms with E-state index in [9.17, 15) is 4.39 Å². The van der Waals surface area contributed by atoms with Crippen molar-refractivity contribution in [3.05, 3.63) is 28.8 Å². The maximum Gasteiger partial charge on any atom is 0.144 e. The summed E-state index contributed by atoms with van der Waals surface area (Å²) in [7, 11) is 0. The Morgan fingerprint density at radius 1 is 1.29 bits per heavy atom. The molecule has 5 heteroatoms. The van der Waals surface area contributed by atoms with Crippen molar-refractivity contribution < 1.29 is 4.39 Å². The Morgan fingerprint density at radius 2 is 2.05 bits per heavy atom. The van der Waals surface area contributed by atoms with Gasteiger partial charge in [-0.15, -0.1) is 11.6 Å². The molecule has 1 heterocycles. The predicted octanol–water partition coefficient (Wildman–Crippen LogP) is 5.71. The lowest BCUT2D eigenvalue weighted by atomic mass is 9.96. The number of imidazole rings is 1. The van der Waals surface area contributed by atoms with E-state index in [1.54, 1.807) is 6.07 Å². The number of alkyl halides is 1. The second kappa shape index (κ2) is 6.13. The zero-order chi connectivity index (χ0) is 15.0. The van der Waals surface area contributed by atoms with Crippen LogP contribution in [0, 0.1) is 11.7 Å². The van der Waals surface area contributed by atoms with Gasteiger partial charge < -0.3 is 4.57 Å². The van der Waals surface area contributed by atoms with Crippen molar-refractivity contribution in [3.8, 4) is 0 Å². The summed E-state index contributed by atoms with van der Waals surface area (Å²) in [6.45, 7) is 2.27. The minimum Gasteiger partial charge on any atom is -0.323 e. The average Bonchev–Trinajstić information content (AvgIpc) is 2.66. The second-order valence-electron chi connectivity index (χ2n) is 5.97. The van der Waals surface area contributed by atoms with Crippen LogP contribution in [0.25, 0.3) is 11.0 Å². The van der Waals surface area contributed by atoms with Crippen LogP contribution >= 0.6 is 23.2 Å². The Labute approximate surface area is 134 Å². The number of nitrogens with zero attached hydrogens (tertiary/aromatic N) is 2. The highest BCUT2D eigenvalue weighted by atomic mass is 35.5. The molecule has 1 aromatic carbocycles. The Kier molecular flexibility index (Phi) is 4.41. The minimum absolute atomic E-state index is 0.113. The van der Waals surface area contributed by atoms with Crippen molar-refractivity contribution in [2.24, 2.45) is 5.92 Å². The molecular formula is C16H19Cl2FN2. The van der Waals surface area contributed by atoms with E-state index >= 15 is 0 Å². The zero-order valence-corrected chi connectivity index (χ0v) is 13.6. The summed E-state index contributed by atoms with van der Waals surface area (Å²) in [5.74, 6) is 1.29. The number of benzene rings is 1. The molecule has 0 radical (unpaired) electrons. The maximum absolute atomic E-state index is 13.9. The molecular weight excluding hydrogens is 310 g/mol. The van der Waals surface area contributed by atoms with Gasteiger partial charge >= 0.3 is 0 Å². The molecule has 0 bridgehead atoms. The average molecular weight is 329 g/mol. The second-order valence-corrected chi connectivity index (χ2v) is 6.64. The maximum atomic E-state index is 13.9. The lowest BCUT2D eigenvalue weighted by Crippen LogP contribution is -2.18. The Balaban J connectivity index is 2.17. The van der Waals surface area contributed by atoms with Crippen molar-refractivity contribution in [3.63, 3.8) is 0 Å². The lowest BCUT2D eigenvalue weighted by molar-refractivity contribution is 0.335. The van der Waals surface area contributed by atoms with E-state index in [0.717, 1.165) is 23.3 Å². The number of hydrogen-bond acceptors (Lipinski definition) is 1. The van der Waals surface area contributed by atoms with Gasteiger partial charge in [-0.25, -0.2) is 9.37 Å². The molecule has 0 saturated heterocycles. The molecule has 0 spiro atoms. The summed E-state index contributed by atoms with van der Waals surface area (Å²) >= 11 is 12.0. The Morgan fingerprint density at radius 3 is 2.81 bits per heavy atom. The third kappa shape index (κ3) is 2.78. The van der Waals surface area contributed by atoms with Crippen LogP contribution < -0.4 is 0 Å². The van der Waals surface area contributed by atoms with Gasteiger partial charge in [-0.05, 0) is 24.8 Å². The summed E-state index contributed by atoms with van der Waals surface area (Å²) in [5.41, 5.74) is 1.54. The van der Waals surface area contributed by atoms with Gasteiger partial charge in [-0.1, -0.05) is 37.8 Å². The fraction of sp³-hybridized carbons (Fsp3) is 0.562. The summed E-state index contributed by atoms with van der Waals surface area (Å²) in [6, 6.07) is 3.44. The summed E-state index contributed by atoms with van der Waals surface area (Å²) < 4.78 is 16.0. The van der Waals surface area contributed by atoms with Crippen LogP contribution in [0.3, 0.4) is 0 Å². The molecule has 1 fully saturated rings. The van der Waals surface area contributed by atoms with E-state index < -0.39 is 5.82 Å². The van der Waals surface area contributed by atoms with Gasteiger partial charge in [0.25, 0.3) is 0 Å². The first kappa shape index (κ1) is 15.1. The topological polar surface area (TPSA) is 17.8 Å². The van der Waals surface area contributed by atoms with Crippen LogP contribution in [0.5, 0.6) is 0 Å². The van der Waals surface area contributed by atoms with Crippen LogP contribution in [0.1, 0.15) is 50.9 Å². The molecule has 0 amide bonds. The summed E-state index contributed by atoms with van der Waals surface area (Å²) in [5, 5.41) is 0.113. The minimum atomic E-state index is -0.396. The highest BCUT2D eigenvalue weighted by Gasteiger charge is 2.26. The van der Waals surface area contributed by atoms with Gasteiger partial charge in [0.05, 0.1) is 21.9 Å². The summed E-state index contributed by atoms with van der Waals surface area (Å²) in [6.07, 6.45) is 6.03. The van der Waals surface area contributed by atoms with Crippen LogP contribution in [0.15, 0.2) is 12.1 Å². The fourth-order valence-electron chi connectivity index (χ4n) is 3.46. The Hall–Kier alpha value is -0.800. The molecule has 1 aliphatic carbocycles. The van der Waals surface area contributed by atoms with Gasteiger partial charge in [0.2, 0.25) is 0 Å². The first-order valence-electron chi connectivity index (χ1n) is 7.53. The highest BCUT2D eigenvalue weighted by Crippen LogP contribution is 2.36. The van der Waals surface area contributed by atoms with Crippen molar-refractivity contribution in [2.45, 2.75) is 50.9 Å². The largest absolute Gasteiger partial charge is 0.323 e. The monoisotopic (exact) mass is 328 g/mol. The van der Waals surface area contributed by atoms with E-state index in [1.807, 2.05) is 0 Å². The van der Waals surface area contributed by atoms with Gasteiger partial charge in [-0.2, -0.15) is 0 Å². The quantitative estimate of drug-likeness (QED) is 0.510. The number of halogens is 3. The molecule has 0 N–H and O–H groups in total. The SMILES string of the molecule is CC1CCCCCC1n1c(CCl)nc2cc(Cl)c(F)cc21. The van der Waals surface area contributed by atoms with E-state index in [4.69, 9.17) is 23.2 Å². The standard InChI is InChI=1S/C16H19Cl2FN2/c1-10-5-3-2-4-6-14(10)21-15-8-12(19)11(18)7-13(15)20-16(21)9-17/h7-8,10,14H,2-6,9H2,1H3. The molecule has 2 aromatic rings. The van der Waals surface area contributed by atoms with Crippen molar-refractivity contribution >= 4 is 34.2 Å². The molecule has 1 aliphatic rings. The first-order chi connectivity index (χ1) is 10.1. The van der Waals surface area contributed by atoms with Crippen LogP contribution in [0.4, 0.5) is 4.39 Å². The van der Waals surface area contributed by atoms with Gasteiger partial charge in [-0.3, -0.25) is 0 Å². The van der Waals surface area contributed by atoms with Gasteiger partial charge in [0.15, 0.2) is 0 Å². The zero-order valence-electron chi connectivity index (χ0n) is 12.1. The highest BCUT2D eigenvalue weighted by molar-refractivity contribution is 6.31. The molecule has 0 aliphatic heterocycles. The van der Waals surface area contributed by atoms with E-state index in [0.29, 0.717) is 17.8 Å². The molecule has 1 saturated carbocycles. The molecule has 2 atom stereocenters. The van der Waals surface area contributed by atoms with Crippen molar-refractivity contribution in [1.29, 1.82) is 0 Å². The van der Waals surface area contributed by atoms with Gasteiger partial charge in [0, 0.05) is 12.1 Å². The van der Waals surface area contributed by atoms with E-state index in [-0.39, 0.29) is 5.02 Å². The van der Waals surface area contributed by atoms with Crippen molar-refractivity contribution in [2.75, 3.05) is 0 Å². The molecule has 114 valence electrons. The van der Waals surface area contributed by atoms with Crippen LogP contribution in [-0.2, 0) is 5.88 Å². The molecule has 2 unspecified atom stereocenters. The molecule has 2 nitrogen and oxygen atoms in total. The van der Waals surface area contributed by atoms with Crippen LogP contribution in [0.2, 0.25) is 5.02 Å². The third-order valence-electron chi connectivity index (χ3n) is 4.57. The Bertz CT molecular complexity index is 653. The van der Waals surface area contributed by atoms with Crippen LogP contribution in [-0.4, -0.2) is 9.55 Å². The normalized spacial score (nSPS) is 23.4. The number of fused-ring (bicyclic) bond motifs is 1. The predicted molar refractivity (Wildman–Crippen MR) is 85.5 cm³/mol. The third-order valence-corrected chi connectivity index (χ3v) is 5.10. The lowest BCUT2D eigenvalue weighted by Gasteiger charge is -2.25. The fourth-order valence-corrected chi connectivity index (χ4v) is 3.81. The first-order valence-corrected chi connectivity index (χ1v) is 8.45. The molecule has 21 heavy (non-hydrogen) atoms. The van der Waals surface area contributed by atoms with Gasteiger partial charge in [0.1, 0.15) is 11.6 Å².